The predicted molar refractivity (Wildman–Crippen MR) is 102 cm³/mol. The lowest BCUT2D eigenvalue weighted by Gasteiger charge is -2.29. The minimum Gasteiger partial charge on any atom is -0.463 e. The van der Waals surface area contributed by atoms with Crippen molar-refractivity contribution >= 4 is 23.8 Å². The van der Waals surface area contributed by atoms with Crippen molar-refractivity contribution in [2.24, 2.45) is 0 Å². The third kappa shape index (κ3) is 4.68. The van der Waals surface area contributed by atoms with Gasteiger partial charge in [0.05, 0.1) is 18.2 Å². The largest absolute Gasteiger partial charge is 0.463 e. The molecule has 0 saturated carbocycles. The Balaban J connectivity index is 1.93. The molecule has 2 aromatic carbocycles. The van der Waals surface area contributed by atoms with Crippen molar-refractivity contribution in [2.75, 3.05) is 12.4 Å². The number of halogens is 1. The van der Waals surface area contributed by atoms with Crippen LogP contribution < -0.4 is 10.6 Å². The number of thioether (sulfide) groups is 1. The van der Waals surface area contributed by atoms with Gasteiger partial charge in [0.2, 0.25) is 0 Å². The molecule has 3 rings (SSSR count). The summed E-state index contributed by atoms with van der Waals surface area (Å²) in [7, 11) is 0. The van der Waals surface area contributed by atoms with E-state index >= 15 is 0 Å². The van der Waals surface area contributed by atoms with Crippen molar-refractivity contribution < 1.29 is 18.7 Å². The highest BCUT2D eigenvalue weighted by Gasteiger charge is 2.33. The molecule has 0 unspecified atom stereocenters. The van der Waals surface area contributed by atoms with Gasteiger partial charge in [0, 0.05) is 16.3 Å². The first-order valence-corrected chi connectivity index (χ1v) is 9.48. The second-order valence-electron chi connectivity index (χ2n) is 5.80. The average Bonchev–Trinajstić information content (AvgIpc) is 2.68. The van der Waals surface area contributed by atoms with Gasteiger partial charge in [-0.3, -0.25) is 0 Å². The van der Waals surface area contributed by atoms with Crippen LogP contribution >= 0.6 is 11.8 Å². The molecule has 0 saturated heterocycles. The molecular weight excluding hydrogens is 367 g/mol. The first-order chi connectivity index (χ1) is 13.1. The van der Waals surface area contributed by atoms with Gasteiger partial charge in [-0.15, -0.1) is 11.8 Å². The Labute approximate surface area is 161 Å². The van der Waals surface area contributed by atoms with E-state index in [1.165, 1.54) is 23.9 Å². The molecule has 0 aliphatic carbocycles. The van der Waals surface area contributed by atoms with E-state index in [1.807, 2.05) is 30.3 Å². The summed E-state index contributed by atoms with van der Waals surface area (Å²) in [5.41, 5.74) is 1.65. The molecule has 0 fully saturated rings. The molecule has 1 aliphatic heterocycles. The number of hydrogen-bond donors (Lipinski definition) is 2. The topological polar surface area (TPSA) is 67.4 Å². The molecule has 1 aliphatic rings. The Morgan fingerprint density at radius 3 is 2.52 bits per heavy atom. The Bertz CT molecular complexity index is 853. The van der Waals surface area contributed by atoms with E-state index in [0.29, 0.717) is 17.0 Å². The summed E-state index contributed by atoms with van der Waals surface area (Å²) < 4.78 is 18.3. The molecule has 1 atom stereocenters. The molecule has 2 aromatic rings. The number of carbonyl (C=O) groups is 2. The zero-order valence-corrected chi connectivity index (χ0v) is 15.5. The van der Waals surface area contributed by atoms with Gasteiger partial charge in [-0.25, -0.2) is 14.0 Å². The van der Waals surface area contributed by atoms with E-state index in [1.54, 1.807) is 19.1 Å². The summed E-state index contributed by atoms with van der Waals surface area (Å²) >= 11 is 1.40. The number of amides is 2. The summed E-state index contributed by atoms with van der Waals surface area (Å²) in [5, 5.41) is 5.51. The minimum absolute atomic E-state index is 0.232. The maximum Gasteiger partial charge on any atom is 0.338 e. The molecule has 0 bridgehead atoms. The summed E-state index contributed by atoms with van der Waals surface area (Å²) in [5.74, 6) is -0.449. The van der Waals surface area contributed by atoms with Gasteiger partial charge in [0.15, 0.2) is 0 Å². The summed E-state index contributed by atoms with van der Waals surface area (Å²) in [6.07, 6.45) is 0. The van der Waals surface area contributed by atoms with Crippen molar-refractivity contribution in [3.8, 4) is 0 Å². The lowest BCUT2D eigenvalue weighted by Crippen LogP contribution is -2.46. The van der Waals surface area contributed by atoms with E-state index in [4.69, 9.17) is 4.74 Å². The zero-order chi connectivity index (χ0) is 19.2. The van der Waals surface area contributed by atoms with E-state index in [2.05, 4.69) is 10.6 Å². The van der Waals surface area contributed by atoms with Crippen molar-refractivity contribution in [3.05, 3.63) is 77.2 Å². The number of hydrogen-bond acceptors (Lipinski definition) is 4. The van der Waals surface area contributed by atoms with Crippen LogP contribution in [0.1, 0.15) is 18.5 Å². The summed E-state index contributed by atoms with van der Waals surface area (Å²) in [6, 6.07) is 14.3. The second-order valence-corrected chi connectivity index (χ2v) is 6.85. The summed E-state index contributed by atoms with van der Waals surface area (Å²) in [6.45, 7) is 1.97. The molecule has 0 spiro atoms. The first-order valence-electron chi connectivity index (χ1n) is 8.49. The lowest BCUT2D eigenvalue weighted by atomic mass is 9.95. The molecule has 5 nitrogen and oxygen atoms in total. The van der Waals surface area contributed by atoms with E-state index in [-0.39, 0.29) is 18.5 Å². The number of ether oxygens (including phenoxy) is 1. The molecule has 0 radical (unpaired) electrons. The van der Waals surface area contributed by atoms with Gasteiger partial charge in [-0.1, -0.05) is 30.3 Å². The summed E-state index contributed by atoms with van der Waals surface area (Å²) in [4.78, 5) is 25.6. The minimum atomic E-state index is -0.595. The fourth-order valence-corrected chi connectivity index (χ4v) is 3.63. The molecule has 2 N–H and O–H groups in total. The lowest BCUT2D eigenvalue weighted by molar-refractivity contribution is -0.139. The quantitative estimate of drug-likeness (QED) is 0.586. The second kappa shape index (κ2) is 8.73. The first kappa shape index (κ1) is 19.0. The maximum atomic E-state index is 13.1. The van der Waals surface area contributed by atoms with E-state index < -0.39 is 12.0 Å². The smallest absolute Gasteiger partial charge is 0.338 e. The maximum absolute atomic E-state index is 13.1. The van der Waals surface area contributed by atoms with Gasteiger partial charge in [-0.05, 0) is 36.8 Å². The SMILES string of the molecule is CCOC(=O)C1=C(CSc2ccc(F)cc2)NC(=O)N[C@@H]1c1ccccc1. The van der Waals surface area contributed by atoms with Gasteiger partial charge in [-0.2, -0.15) is 0 Å². The van der Waals surface area contributed by atoms with Crippen molar-refractivity contribution in [3.63, 3.8) is 0 Å². The fourth-order valence-electron chi connectivity index (χ4n) is 2.76. The number of carbonyl (C=O) groups excluding carboxylic acids is 2. The van der Waals surface area contributed by atoms with Gasteiger partial charge in [0.1, 0.15) is 5.82 Å². The third-order valence-corrected chi connectivity index (χ3v) is 5.02. The van der Waals surface area contributed by atoms with Gasteiger partial charge in [0.25, 0.3) is 0 Å². The Kier molecular flexibility index (Phi) is 6.13. The van der Waals surface area contributed by atoms with Crippen LogP contribution in [0.3, 0.4) is 0 Å². The Morgan fingerprint density at radius 1 is 1.15 bits per heavy atom. The zero-order valence-electron chi connectivity index (χ0n) is 14.7. The van der Waals surface area contributed by atoms with Crippen LogP contribution in [0.2, 0.25) is 0 Å². The number of nitrogens with one attached hydrogen (secondary N) is 2. The number of urea groups is 1. The molecule has 1 heterocycles. The van der Waals surface area contributed by atoms with Crippen LogP contribution in [0.25, 0.3) is 0 Å². The molecule has 27 heavy (non-hydrogen) atoms. The monoisotopic (exact) mass is 386 g/mol. The molecular formula is C20H19FN2O3S. The van der Waals surface area contributed by atoms with Crippen LogP contribution in [-0.4, -0.2) is 24.4 Å². The highest BCUT2D eigenvalue weighted by molar-refractivity contribution is 7.99. The van der Waals surface area contributed by atoms with Crippen molar-refractivity contribution in [2.45, 2.75) is 17.9 Å². The Hall–Kier alpha value is -2.80. The van der Waals surface area contributed by atoms with Crippen LogP contribution in [-0.2, 0) is 9.53 Å². The number of esters is 1. The Morgan fingerprint density at radius 2 is 1.85 bits per heavy atom. The highest BCUT2D eigenvalue weighted by atomic mass is 32.2. The normalized spacial score (nSPS) is 16.5. The third-order valence-electron chi connectivity index (χ3n) is 3.98. The van der Waals surface area contributed by atoms with Gasteiger partial charge < -0.3 is 15.4 Å². The molecule has 7 heteroatoms. The van der Waals surface area contributed by atoms with E-state index in [9.17, 15) is 14.0 Å². The van der Waals surface area contributed by atoms with Crippen molar-refractivity contribution in [1.29, 1.82) is 0 Å². The highest BCUT2D eigenvalue weighted by Crippen LogP contribution is 2.30. The molecule has 2 amide bonds. The standard InChI is InChI=1S/C20H19FN2O3S/c1-2-26-19(24)17-16(12-27-15-10-8-14(21)9-11-15)22-20(25)23-18(17)13-6-4-3-5-7-13/h3-11,18H,2,12H2,1H3,(H2,22,23,25)/t18-/m1/s1. The van der Waals surface area contributed by atoms with Crippen molar-refractivity contribution in [1.82, 2.24) is 10.6 Å². The van der Waals surface area contributed by atoms with Crippen LogP contribution in [0.15, 0.2) is 70.8 Å². The molecule has 0 aromatic heterocycles. The number of rotatable bonds is 6. The van der Waals surface area contributed by atoms with Crippen LogP contribution in [0.5, 0.6) is 0 Å². The molecule has 140 valence electrons. The number of benzene rings is 2. The fraction of sp³-hybridized carbons (Fsp3) is 0.200. The van der Waals surface area contributed by atoms with E-state index in [0.717, 1.165) is 10.5 Å². The average molecular weight is 386 g/mol. The van der Waals surface area contributed by atoms with Crippen LogP contribution in [0.4, 0.5) is 9.18 Å². The predicted octanol–water partition coefficient (Wildman–Crippen LogP) is 3.79. The van der Waals surface area contributed by atoms with Gasteiger partial charge >= 0.3 is 12.0 Å². The van der Waals surface area contributed by atoms with Crippen LogP contribution in [0, 0.1) is 5.82 Å².